The molecule has 1 N–H and O–H groups in total. The summed E-state index contributed by atoms with van der Waals surface area (Å²) in [5.41, 5.74) is 5.00. The molecule has 26 heavy (non-hydrogen) atoms. The second-order valence-corrected chi connectivity index (χ2v) is 8.90. The fraction of sp³-hybridized carbons (Fsp3) is 0.450. The number of H-pyrrole nitrogens is 1. The minimum atomic E-state index is -0.0795. The molecule has 0 unspecified atom stereocenters. The molecule has 0 spiro atoms. The number of carbonyl (C=O) groups excluding carboxylic acids is 1. The molecule has 0 bridgehead atoms. The van der Waals surface area contributed by atoms with Crippen LogP contribution in [0.3, 0.4) is 0 Å². The lowest BCUT2D eigenvalue weighted by atomic mass is 9.79. The minimum absolute atomic E-state index is 0.0795. The van der Waals surface area contributed by atoms with Gasteiger partial charge < -0.3 is 9.88 Å². The van der Waals surface area contributed by atoms with E-state index in [4.69, 9.17) is 0 Å². The first-order valence-corrected chi connectivity index (χ1v) is 10.7. The number of halogens is 2. The van der Waals surface area contributed by atoms with Crippen LogP contribution in [0.25, 0.3) is 16.5 Å². The molecule has 0 fully saturated rings. The van der Waals surface area contributed by atoms with E-state index in [0.717, 1.165) is 40.6 Å². The number of nitrogens with one attached hydrogen (secondary N) is 1. The van der Waals surface area contributed by atoms with E-state index in [1.54, 1.807) is 0 Å². The van der Waals surface area contributed by atoms with Gasteiger partial charge in [-0.15, -0.1) is 0 Å². The highest BCUT2D eigenvalue weighted by Crippen LogP contribution is 2.44. The number of carbonyl (C=O) groups is 1. The van der Waals surface area contributed by atoms with Crippen LogP contribution in [0, 0.1) is 5.92 Å². The Labute approximate surface area is 170 Å². The second kappa shape index (κ2) is 6.80. The third-order valence-corrected chi connectivity index (χ3v) is 6.91. The smallest absolute Gasteiger partial charge is 0.230 e. The minimum Gasteiger partial charge on any atom is -0.349 e. The van der Waals surface area contributed by atoms with Crippen molar-refractivity contribution in [3.63, 3.8) is 0 Å². The number of likely N-dealkylation sites (N-methyl/N-ethyl adjacent to an activating group) is 1. The van der Waals surface area contributed by atoms with E-state index in [0.29, 0.717) is 6.04 Å². The van der Waals surface area contributed by atoms with Gasteiger partial charge in [0.25, 0.3) is 0 Å². The van der Waals surface area contributed by atoms with Gasteiger partial charge in [0.1, 0.15) is 0 Å². The standard InChI is InChI=1S/C20H23Br2N3O/c1-4-25(5-2)20(26)11-6-13-14-7-12(21)8-16-18(14)15(19(22)23-16)9-17(13)24(3)10-11/h6-8,11,17,23H,4-5,9-10H2,1-3H3/t11-,17-/m1/s1. The molecule has 1 amide bonds. The summed E-state index contributed by atoms with van der Waals surface area (Å²) >= 11 is 7.35. The van der Waals surface area contributed by atoms with Crippen LogP contribution < -0.4 is 0 Å². The van der Waals surface area contributed by atoms with Gasteiger partial charge in [-0.25, -0.2) is 0 Å². The molecule has 0 saturated carbocycles. The lowest BCUT2D eigenvalue weighted by Crippen LogP contribution is -2.47. The number of aromatic nitrogens is 1. The Morgan fingerprint density at radius 3 is 2.73 bits per heavy atom. The Morgan fingerprint density at radius 2 is 2.04 bits per heavy atom. The lowest BCUT2D eigenvalue weighted by Gasteiger charge is -2.40. The van der Waals surface area contributed by atoms with Gasteiger partial charge in [-0.1, -0.05) is 22.0 Å². The zero-order chi connectivity index (χ0) is 18.6. The highest BCUT2D eigenvalue weighted by Gasteiger charge is 2.37. The number of rotatable bonds is 3. The molecule has 0 saturated heterocycles. The molecular weight excluding hydrogens is 458 g/mol. The first-order chi connectivity index (χ1) is 12.4. The van der Waals surface area contributed by atoms with E-state index in [2.05, 4.69) is 67.0 Å². The molecule has 1 aromatic heterocycles. The molecule has 1 aromatic carbocycles. The van der Waals surface area contributed by atoms with Gasteiger partial charge in [-0.2, -0.15) is 0 Å². The Hall–Kier alpha value is -1.11. The summed E-state index contributed by atoms with van der Waals surface area (Å²) in [6.07, 6.45) is 3.19. The fourth-order valence-electron chi connectivity index (χ4n) is 4.46. The maximum Gasteiger partial charge on any atom is 0.230 e. The second-order valence-electron chi connectivity index (χ2n) is 7.19. The topological polar surface area (TPSA) is 39.3 Å². The quantitative estimate of drug-likeness (QED) is 0.705. The van der Waals surface area contributed by atoms with E-state index in [1.807, 2.05) is 18.7 Å². The molecule has 2 heterocycles. The van der Waals surface area contributed by atoms with Crippen molar-refractivity contribution < 1.29 is 4.79 Å². The van der Waals surface area contributed by atoms with Crippen LogP contribution in [-0.2, 0) is 11.2 Å². The van der Waals surface area contributed by atoms with E-state index in [-0.39, 0.29) is 11.8 Å². The van der Waals surface area contributed by atoms with Crippen molar-refractivity contribution in [3.05, 3.63) is 38.4 Å². The number of amides is 1. The number of hydrogen-bond donors (Lipinski definition) is 1. The van der Waals surface area contributed by atoms with E-state index >= 15 is 0 Å². The lowest BCUT2D eigenvalue weighted by molar-refractivity contribution is -0.134. The predicted octanol–water partition coefficient (Wildman–Crippen LogP) is 4.43. The van der Waals surface area contributed by atoms with Crippen LogP contribution in [0.5, 0.6) is 0 Å². The van der Waals surface area contributed by atoms with Crippen molar-refractivity contribution in [1.82, 2.24) is 14.8 Å². The van der Waals surface area contributed by atoms with Crippen molar-refractivity contribution in [2.24, 2.45) is 5.92 Å². The zero-order valence-corrected chi connectivity index (χ0v) is 18.4. The maximum absolute atomic E-state index is 13.0. The van der Waals surface area contributed by atoms with Crippen LogP contribution in [0.15, 0.2) is 27.3 Å². The Morgan fingerprint density at radius 1 is 1.31 bits per heavy atom. The van der Waals surface area contributed by atoms with E-state index < -0.39 is 0 Å². The molecule has 1 aliphatic carbocycles. The molecule has 6 heteroatoms. The molecule has 138 valence electrons. The molecule has 2 aromatic rings. The number of hydrogen-bond acceptors (Lipinski definition) is 2. The zero-order valence-electron chi connectivity index (χ0n) is 15.3. The molecule has 1 aliphatic heterocycles. The summed E-state index contributed by atoms with van der Waals surface area (Å²) in [6, 6.07) is 4.63. The first-order valence-electron chi connectivity index (χ1n) is 9.15. The Kier molecular flexibility index (Phi) is 4.78. The van der Waals surface area contributed by atoms with Crippen molar-refractivity contribution in [1.29, 1.82) is 0 Å². The maximum atomic E-state index is 13.0. The summed E-state index contributed by atoms with van der Waals surface area (Å²) in [6.45, 7) is 6.40. The van der Waals surface area contributed by atoms with E-state index in [1.165, 1.54) is 22.1 Å². The van der Waals surface area contributed by atoms with Crippen molar-refractivity contribution in [2.75, 3.05) is 26.7 Å². The monoisotopic (exact) mass is 479 g/mol. The van der Waals surface area contributed by atoms with Gasteiger partial charge in [0.15, 0.2) is 0 Å². The van der Waals surface area contributed by atoms with Gasteiger partial charge in [0.05, 0.1) is 10.5 Å². The van der Waals surface area contributed by atoms with Crippen molar-refractivity contribution in [2.45, 2.75) is 26.3 Å². The van der Waals surface area contributed by atoms with Crippen LogP contribution >= 0.6 is 31.9 Å². The van der Waals surface area contributed by atoms with Crippen LogP contribution in [0.2, 0.25) is 0 Å². The summed E-state index contributed by atoms with van der Waals surface area (Å²) in [4.78, 5) is 20.7. The number of aromatic amines is 1. The number of nitrogens with zero attached hydrogens (tertiary/aromatic N) is 2. The Balaban J connectivity index is 1.86. The Bertz CT molecular complexity index is 913. The largest absolute Gasteiger partial charge is 0.349 e. The van der Waals surface area contributed by atoms with Gasteiger partial charge in [-0.3, -0.25) is 9.69 Å². The highest BCUT2D eigenvalue weighted by atomic mass is 79.9. The number of benzene rings is 1. The predicted molar refractivity (Wildman–Crippen MR) is 113 cm³/mol. The summed E-state index contributed by atoms with van der Waals surface area (Å²) in [5, 5.41) is 1.28. The highest BCUT2D eigenvalue weighted by molar-refractivity contribution is 9.10. The molecule has 4 nitrogen and oxygen atoms in total. The van der Waals surface area contributed by atoms with E-state index in [9.17, 15) is 4.79 Å². The first kappa shape index (κ1) is 18.3. The third kappa shape index (κ3) is 2.77. The molecule has 0 radical (unpaired) electrons. The van der Waals surface area contributed by atoms with Gasteiger partial charge in [0, 0.05) is 41.1 Å². The van der Waals surface area contributed by atoms with Gasteiger partial charge >= 0.3 is 0 Å². The number of fused-ring (bicyclic) bond motifs is 2. The van der Waals surface area contributed by atoms with Crippen LogP contribution in [0.4, 0.5) is 0 Å². The fourth-order valence-corrected chi connectivity index (χ4v) is 5.49. The third-order valence-electron chi connectivity index (χ3n) is 5.77. The molecule has 4 rings (SSSR count). The van der Waals surface area contributed by atoms with Gasteiger partial charge in [-0.05, 0) is 72.1 Å². The SMILES string of the molecule is CCN(CC)C(=O)[C@@H]1C=C2c3cc(Br)cc4[nH]c(Br)c(c34)C[C@H]2N(C)C1. The summed E-state index contributed by atoms with van der Waals surface area (Å²) in [7, 11) is 2.14. The van der Waals surface area contributed by atoms with Gasteiger partial charge in [0.2, 0.25) is 5.91 Å². The molecular formula is C20H23Br2N3O. The van der Waals surface area contributed by atoms with Crippen LogP contribution in [0.1, 0.15) is 25.0 Å². The average molecular weight is 481 g/mol. The molecule has 2 aliphatic rings. The molecule has 2 atom stereocenters. The van der Waals surface area contributed by atoms with Crippen molar-refractivity contribution >= 4 is 54.2 Å². The van der Waals surface area contributed by atoms with Crippen molar-refractivity contribution in [3.8, 4) is 0 Å². The summed E-state index contributed by atoms with van der Waals surface area (Å²) in [5.74, 6) is 0.157. The van der Waals surface area contributed by atoms with Crippen LogP contribution in [-0.4, -0.2) is 53.4 Å². The normalized spacial score (nSPS) is 22.3. The average Bonchev–Trinajstić information content (AvgIpc) is 2.92. The summed E-state index contributed by atoms with van der Waals surface area (Å²) < 4.78 is 2.13.